The summed E-state index contributed by atoms with van der Waals surface area (Å²) < 4.78 is 79.8. The van der Waals surface area contributed by atoms with E-state index in [-0.39, 0.29) is 29.9 Å². The minimum Gasteiger partial charge on any atom is -0.389 e. The molecule has 0 radical (unpaired) electrons. The quantitative estimate of drug-likeness (QED) is 0.240. The molecule has 0 aliphatic heterocycles. The van der Waals surface area contributed by atoms with E-state index in [4.69, 9.17) is 0 Å². The van der Waals surface area contributed by atoms with E-state index in [1.807, 2.05) is 27.7 Å². The van der Waals surface area contributed by atoms with Crippen LogP contribution in [0.5, 0.6) is 0 Å². The Kier molecular flexibility index (Phi) is 10.6. The number of hydrogen-bond donors (Lipinski definition) is 1. The fraction of sp³-hybridized carbons (Fsp3) is 0.760. The molecule has 1 N–H and O–H groups in total. The molecule has 1 aromatic rings. The number of rotatable bonds is 12. The van der Waals surface area contributed by atoms with E-state index in [2.05, 4.69) is 6.92 Å². The molecule has 0 spiro atoms. The highest BCUT2D eigenvalue weighted by Crippen LogP contribution is 2.41. The normalized spacial score (nSPS) is 14.4. The summed E-state index contributed by atoms with van der Waals surface area (Å²) in [6, 6.07) is 1.75. The minimum absolute atomic E-state index is 0.0329. The molecule has 0 heterocycles. The standard InChI is InChI=1S/C25H38F6O/c1-6-7-8-9-10-11-12-20(23(32,17(2)3)18(4)5)13-19-14-21(24(26,27)28)16-22(15-19)25(29,30)31/h14-18,20,32H,6-13H2,1-5H3. The molecule has 1 nitrogen and oxygen atoms in total. The molecular formula is C25H38F6O. The third-order valence-corrected chi connectivity index (χ3v) is 6.54. The summed E-state index contributed by atoms with van der Waals surface area (Å²) in [5, 5.41) is 11.5. The Labute approximate surface area is 188 Å². The van der Waals surface area contributed by atoms with Gasteiger partial charge in [0.25, 0.3) is 0 Å². The third-order valence-electron chi connectivity index (χ3n) is 6.54. The van der Waals surface area contributed by atoms with Crippen LogP contribution in [0.25, 0.3) is 0 Å². The number of benzene rings is 1. The van der Waals surface area contributed by atoms with E-state index in [0.29, 0.717) is 6.42 Å². The summed E-state index contributed by atoms with van der Waals surface area (Å²) in [6.45, 7) is 9.51. The second-order valence-electron chi connectivity index (χ2n) is 9.57. The summed E-state index contributed by atoms with van der Waals surface area (Å²) in [6.07, 6.45) is -3.15. The lowest BCUT2D eigenvalue weighted by atomic mass is 9.67. The van der Waals surface area contributed by atoms with Gasteiger partial charge in [-0.3, -0.25) is 0 Å². The molecule has 1 atom stereocenters. The van der Waals surface area contributed by atoms with Crippen molar-refractivity contribution in [1.29, 1.82) is 0 Å². The van der Waals surface area contributed by atoms with Gasteiger partial charge in [0.1, 0.15) is 0 Å². The van der Waals surface area contributed by atoms with Crippen LogP contribution in [0.15, 0.2) is 18.2 Å². The van der Waals surface area contributed by atoms with Gasteiger partial charge in [-0.25, -0.2) is 0 Å². The van der Waals surface area contributed by atoms with Crippen molar-refractivity contribution in [3.05, 3.63) is 34.9 Å². The molecule has 0 fully saturated rings. The lowest BCUT2D eigenvalue weighted by Gasteiger charge is -2.43. The summed E-state index contributed by atoms with van der Waals surface area (Å²) in [4.78, 5) is 0. The second kappa shape index (κ2) is 11.8. The maximum Gasteiger partial charge on any atom is 0.416 e. The molecule has 1 unspecified atom stereocenters. The molecule has 0 saturated heterocycles. The van der Waals surface area contributed by atoms with E-state index in [1.54, 1.807) is 0 Å². The van der Waals surface area contributed by atoms with E-state index >= 15 is 0 Å². The van der Waals surface area contributed by atoms with Crippen LogP contribution >= 0.6 is 0 Å². The van der Waals surface area contributed by atoms with Crippen LogP contribution in [0.1, 0.15) is 96.3 Å². The molecule has 0 aliphatic carbocycles. The molecular weight excluding hydrogens is 430 g/mol. The smallest absolute Gasteiger partial charge is 0.389 e. The van der Waals surface area contributed by atoms with Gasteiger partial charge < -0.3 is 5.11 Å². The molecule has 0 aromatic heterocycles. The van der Waals surface area contributed by atoms with Gasteiger partial charge >= 0.3 is 12.4 Å². The van der Waals surface area contributed by atoms with Crippen LogP contribution in [-0.2, 0) is 18.8 Å². The largest absolute Gasteiger partial charge is 0.416 e. The van der Waals surface area contributed by atoms with Gasteiger partial charge in [-0.1, -0.05) is 73.1 Å². The Morgan fingerprint density at radius 3 is 1.56 bits per heavy atom. The molecule has 186 valence electrons. The molecule has 32 heavy (non-hydrogen) atoms. The highest BCUT2D eigenvalue weighted by atomic mass is 19.4. The first-order valence-corrected chi connectivity index (χ1v) is 11.6. The monoisotopic (exact) mass is 468 g/mol. The van der Waals surface area contributed by atoms with Crippen molar-refractivity contribution < 1.29 is 31.4 Å². The fourth-order valence-electron chi connectivity index (χ4n) is 4.70. The Morgan fingerprint density at radius 2 is 1.16 bits per heavy atom. The van der Waals surface area contributed by atoms with Crippen molar-refractivity contribution in [3.63, 3.8) is 0 Å². The summed E-state index contributed by atoms with van der Waals surface area (Å²) >= 11 is 0. The first-order chi connectivity index (χ1) is 14.6. The zero-order valence-corrected chi connectivity index (χ0v) is 19.8. The number of hydrogen-bond acceptors (Lipinski definition) is 1. The van der Waals surface area contributed by atoms with Gasteiger partial charge in [0.15, 0.2) is 0 Å². The first-order valence-electron chi connectivity index (χ1n) is 11.6. The van der Waals surface area contributed by atoms with Crippen molar-refractivity contribution in [2.24, 2.45) is 17.8 Å². The summed E-state index contributed by atoms with van der Waals surface area (Å²) in [5.41, 5.74) is -3.85. The molecule has 0 amide bonds. The van der Waals surface area contributed by atoms with Gasteiger partial charge in [-0.15, -0.1) is 0 Å². The molecule has 7 heteroatoms. The van der Waals surface area contributed by atoms with Gasteiger partial charge in [-0.05, 0) is 54.4 Å². The third kappa shape index (κ3) is 7.96. The number of alkyl halides is 6. The van der Waals surface area contributed by atoms with Crippen LogP contribution in [0.2, 0.25) is 0 Å². The van der Waals surface area contributed by atoms with Gasteiger partial charge in [0, 0.05) is 0 Å². The maximum atomic E-state index is 13.3. The SMILES string of the molecule is CCCCCCCCC(Cc1cc(C(F)(F)F)cc(C(F)(F)F)c1)C(O)(C(C)C)C(C)C. The average Bonchev–Trinajstić information content (AvgIpc) is 2.67. The van der Waals surface area contributed by atoms with Crippen molar-refractivity contribution in [3.8, 4) is 0 Å². The van der Waals surface area contributed by atoms with Crippen LogP contribution in [-0.4, -0.2) is 10.7 Å². The zero-order chi connectivity index (χ0) is 24.7. The zero-order valence-electron chi connectivity index (χ0n) is 19.8. The van der Waals surface area contributed by atoms with E-state index < -0.39 is 35.0 Å². The van der Waals surface area contributed by atoms with Crippen LogP contribution < -0.4 is 0 Å². The molecule has 1 rings (SSSR count). The van der Waals surface area contributed by atoms with Crippen LogP contribution in [0.4, 0.5) is 26.3 Å². The topological polar surface area (TPSA) is 20.2 Å². The highest BCUT2D eigenvalue weighted by molar-refractivity contribution is 5.34. The van der Waals surface area contributed by atoms with Gasteiger partial charge in [0.2, 0.25) is 0 Å². The number of aliphatic hydroxyl groups is 1. The van der Waals surface area contributed by atoms with E-state index in [1.165, 1.54) is 0 Å². The van der Waals surface area contributed by atoms with E-state index in [9.17, 15) is 31.4 Å². The Bertz CT molecular complexity index is 650. The Balaban J connectivity index is 3.28. The van der Waals surface area contributed by atoms with Crippen molar-refractivity contribution in [2.75, 3.05) is 0 Å². The first kappa shape index (κ1) is 28.8. The highest BCUT2D eigenvalue weighted by Gasteiger charge is 2.43. The predicted octanol–water partition coefficient (Wildman–Crippen LogP) is 8.68. The lowest BCUT2D eigenvalue weighted by molar-refractivity contribution is -0.143. The fourth-order valence-corrected chi connectivity index (χ4v) is 4.70. The van der Waals surface area contributed by atoms with Gasteiger partial charge in [-0.2, -0.15) is 26.3 Å². The lowest BCUT2D eigenvalue weighted by Crippen LogP contribution is -2.48. The molecule has 0 saturated carbocycles. The number of unbranched alkanes of at least 4 members (excludes halogenated alkanes) is 5. The Hall–Kier alpha value is -1.24. The average molecular weight is 469 g/mol. The molecule has 0 bridgehead atoms. The summed E-state index contributed by atoms with van der Waals surface area (Å²) in [7, 11) is 0. The minimum atomic E-state index is -4.88. The predicted molar refractivity (Wildman–Crippen MR) is 116 cm³/mol. The van der Waals surface area contributed by atoms with Crippen LogP contribution in [0.3, 0.4) is 0 Å². The second-order valence-corrected chi connectivity index (χ2v) is 9.57. The van der Waals surface area contributed by atoms with Crippen molar-refractivity contribution in [2.45, 2.75) is 104 Å². The van der Waals surface area contributed by atoms with Crippen molar-refractivity contribution in [1.82, 2.24) is 0 Å². The van der Waals surface area contributed by atoms with E-state index in [0.717, 1.165) is 50.7 Å². The van der Waals surface area contributed by atoms with Gasteiger partial charge in [0.05, 0.1) is 16.7 Å². The maximum absolute atomic E-state index is 13.3. The number of halogens is 6. The van der Waals surface area contributed by atoms with Crippen LogP contribution in [0, 0.1) is 17.8 Å². The summed E-state index contributed by atoms with van der Waals surface area (Å²) in [5.74, 6) is -0.834. The molecule has 1 aromatic carbocycles. The molecule has 0 aliphatic rings. The Morgan fingerprint density at radius 1 is 0.719 bits per heavy atom. The van der Waals surface area contributed by atoms with Crippen molar-refractivity contribution >= 4 is 0 Å².